The molecule has 0 saturated carbocycles. The van der Waals surface area contributed by atoms with Crippen molar-refractivity contribution in [2.24, 2.45) is 5.92 Å². The second kappa shape index (κ2) is 12.4. The minimum Gasteiger partial charge on any atom is -0.466 e. The molecule has 0 heterocycles. The van der Waals surface area contributed by atoms with Crippen molar-refractivity contribution in [3.63, 3.8) is 0 Å². The lowest BCUT2D eigenvalue weighted by Gasteiger charge is -2.26. The summed E-state index contributed by atoms with van der Waals surface area (Å²) in [5.41, 5.74) is 0. The molecule has 0 aliphatic heterocycles. The van der Waals surface area contributed by atoms with Gasteiger partial charge in [-0.2, -0.15) is 0 Å². The van der Waals surface area contributed by atoms with Crippen LogP contribution in [0.25, 0.3) is 0 Å². The fraction of sp³-hybridized carbons (Fsp3) is 0.882. The van der Waals surface area contributed by atoms with Gasteiger partial charge in [0.05, 0.1) is 19.1 Å². The van der Waals surface area contributed by atoms with Gasteiger partial charge in [0.1, 0.15) is 0 Å². The van der Waals surface area contributed by atoms with Gasteiger partial charge in [-0.05, 0) is 40.0 Å². The van der Waals surface area contributed by atoms with Crippen LogP contribution >= 0.6 is 0 Å². The summed E-state index contributed by atoms with van der Waals surface area (Å²) in [6.45, 7) is 11.9. The van der Waals surface area contributed by atoms with Crippen molar-refractivity contribution >= 4 is 11.9 Å². The first-order valence-corrected chi connectivity index (χ1v) is 8.52. The maximum atomic E-state index is 12.5. The average molecular weight is 315 g/mol. The molecule has 0 bridgehead atoms. The summed E-state index contributed by atoms with van der Waals surface area (Å²) in [5, 5.41) is 0. The number of nitrogens with zero attached hydrogens (tertiary/aromatic N) is 1. The predicted octanol–water partition coefficient (Wildman–Crippen LogP) is 3.02. The van der Waals surface area contributed by atoms with Crippen LogP contribution in [-0.4, -0.2) is 49.2 Å². The van der Waals surface area contributed by atoms with E-state index in [1.54, 1.807) is 11.8 Å². The van der Waals surface area contributed by atoms with Gasteiger partial charge in [0.15, 0.2) is 0 Å². The number of carbonyl (C=O) groups is 2. The van der Waals surface area contributed by atoms with Gasteiger partial charge in [0, 0.05) is 25.6 Å². The number of hydrogen-bond acceptors (Lipinski definition) is 4. The zero-order valence-corrected chi connectivity index (χ0v) is 14.9. The highest BCUT2D eigenvalue weighted by Crippen LogP contribution is 2.13. The SMILES string of the molecule is CCOC(=O)CCN(CCCOC(C)C)C(=O)C(CC)CC. The van der Waals surface area contributed by atoms with E-state index in [0.717, 1.165) is 19.3 Å². The van der Waals surface area contributed by atoms with Crippen molar-refractivity contribution in [2.45, 2.75) is 66.4 Å². The highest BCUT2D eigenvalue weighted by Gasteiger charge is 2.22. The first kappa shape index (κ1) is 20.9. The number of rotatable bonds is 12. The number of esters is 1. The number of hydrogen-bond donors (Lipinski definition) is 0. The van der Waals surface area contributed by atoms with Crippen LogP contribution in [0.2, 0.25) is 0 Å². The standard InChI is InChI=1S/C17H33NO4/c1-6-15(7-2)17(20)18(11-9-13-22-14(4)5)12-10-16(19)21-8-3/h14-15H,6-13H2,1-5H3. The van der Waals surface area contributed by atoms with Crippen molar-refractivity contribution in [1.82, 2.24) is 4.90 Å². The number of carbonyl (C=O) groups excluding carboxylic acids is 2. The molecule has 0 atom stereocenters. The topological polar surface area (TPSA) is 55.8 Å². The van der Waals surface area contributed by atoms with E-state index in [-0.39, 0.29) is 30.3 Å². The van der Waals surface area contributed by atoms with Gasteiger partial charge in [-0.1, -0.05) is 13.8 Å². The zero-order chi connectivity index (χ0) is 17.0. The van der Waals surface area contributed by atoms with E-state index in [9.17, 15) is 9.59 Å². The Bertz CT molecular complexity index is 314. The minimum absolute atomic E-state index is 0.0354. The van der Waals surface area contributed by atoms with Gasteiger partial charge in [0.25, 0.3) is 0 Å². The van der Waals surface area contributed by atoms with Gasteiger partial charge < -0.3 is 14.4 Å². The Morgan fingerprint density at radius 1 is 1.05 bits per heavy atom. The van der Waals surface area contributed by atoms with Crippen molar-refractivity contribution in [3.8, 4) is 0 Å². The van der Waals surface area contributed by atoms with Crippen LogP contribution in [0.5, 0.6) is 0 Å². The Balaban J connectivity index is 4.47. The van der Waals surface area contributed by atoms with Gasteiger partial charge in [-0.3, -0.25) is 9.59 Å². The molecule has 1 amide bonds. The second-order valence-corrected chi connectivity index (χ2v) is 5.67. The van der Waals surface area contributed by atoms with Crippen LogP contribution in [0.3, 0.4) is 0 Å². The fourth-order valence-electron chi connectivity index (χ4n) is 2.26. The van der Waals surface area contributed by atoms with Gasteiger partial charge >= 0.3 is 5.97 Å². The average Bonchev–Trinajstić information content (AvgIpc) is 2.47. The lowest BCUT2D eigenvalue weighted by Crippen LogP contribution is -2.38. The van der Waals surface area contributed by atoms with E-state index >= 15 is 0 Å². The Morgan fingerprint density at radius 3 is 2.18 bits per heavy atom. The summed E-state index contributed by atoms with van der Waals surface area (Å²) in [5.74, 6) is -0.0738. The first-order valence-electron chi connectivity index (χ1n) is 8.52. The molecule has 0 aromatic heterocycles. The number of ether oxygens (including phenoxy) is 2. The molecule has 0 aromatic rings. The molecule has 0 rings (SSSR count). The summed E-state index contributed by atoms with van der Waals surface area (Å²) in [6.07, 6.45) is 2.89. The van der Waals surface area contributed by atoms with Crippen molar-refractivity contribution in [2.75, 3.05) is 26.3 Å². The van der Waals surface area contributed by atoms with Crippen molar-refractivity contribution in [3.05, 3.63) is 0 Å². The monoisotopic (exact) mass is 315 g/mol. The third kappa shape index (κ3) is 9.03. The molecule has 0 N–H and O–H groups in total. The molecule has 0 saturated heterocycles. The predicted molar refractivity (Wildman–Crippen MR) is 87.6 cm³/mol. The van der Waals surface area contributed by atoms with E-state index in [1.165, 1.54) is 0 Å². The van der Waals surface area contributed by atoms with E-state index < -0.39 is 0 Å². The van der Waals surface area contributed by atoms with Crippen molar-refractivity contribution < 1.29 is 19.1 Å². The number of amides is 1. The largest absolute Gasteiger partial charge is 0.466 e. The molecule has 130 valence electrons. The van der Waals surface area contributed by atoms with Crippen LogP contribution in [0.4, 0.5) is 0 Å². The van der Waals surface area contributed by atoms with Gasteiger partial charge in [0.2, 0.25) is 5.91 Å². The molecule has 22 heavy (non-hydrogen) atoms. The van der Waals surface area contributed by atoms with Crippen LogP contribution in [0.1, 0.15) is 60.3 Å². The second-order valence-electron chi connectivity index (χ2n) is 5.67. The van der Waals surface area contributed by atoms with Crippen LogP contribution in [0, 0.1) is 5.92 Å². The molecule has 5 nitrogen and oxygen atoms in total. The quantitative estimate of drug-likeness (QED) is 0.410. The van der Waals surface area contributed by atoms with Gasteiger partial charge in [-0.15, -0.1) is 0 Å². The molecule has 0 spiro atoms. The Labute approximate surface area is 135 Å². The van der Waals surface area contributed by atoms with E-state index in [4.69, 9.17) is 9.47 Å². The highest BCUT2D eigenvalue weighted by atomic mass is 16.5. The zero-order valence-electron chi connectivity index (χ0n) is 14.9. The maximum absolute atomic E-state index is 12.5. The molecular formula is C17H33NO4. The smallest absolute Gasteiger partial charge is 0.307 e. The van der Waals surface area contributed by atoms with E-state index in [2.05, 4.69) is 0 Å². The van der Waals surface area contributed by atoms with E-state index in [0.29, 0.717) is 26.3 Å². The van der Waals surface area contributed by atoms with Gasteiger partial charge in [-0.25, -0.2) is 0 Å². The molecule has 5 heteroatoms. The molecular weight excluding hydrogens is 282 g/mol. The van der Waals surface area contributed by atoms with Crippen molar-refractivity contribution in [1.29, 1.82) is 0 Å². The first-order chi connectivity index (χ1) is 10.5. The third-order valence-corrected chi connectivity index (χ3v) is 3.56. The normalized spacial score (nSPS) is 11.0. The molecule has 0 aliphatic carbocycles. The molecule has 0 fully saturated rings. The highest BCUT2D eigenvalue weighted by molar-refractivity contribution is 5.79. The lowest BCUT2D eigenvalue weighted by atomic mass is 10.0. The fourth-order valence-corrected chi connectivity index (χ4v) is 2.26. The van der Waals surface area contributed by atoms with Crippen LogP contribution in [-0.2, 0) is 19.1 Å². The molecule has 0 aliphatic rings. The lowest BCUT2D eigenvalue weighted by molar-refractivity contribution is -0.144. The summed E-state index contributed by atoms with van der Waals surface area (Å²) in [7, 11) is 0. The maximum Gasteiger partial charge on any atom is 0.307 e. The minimum atomic E-state index is -0.247. The summed E-state index contributed by atoms with van der Waals surface area (Å²) in [4.78, 5) is 25.8. The summed E-state index contributed by atoms with van der Waals surface area (Å²) in [6, 6.07) is 0. The summed E-state index contributed by atoms with van der Waals surface area (Å²) < 4.78 is 10.5. The molecule has 0 radical (unpaired) electrons. The molecule has 0 aromatic carbocycles. The Hall–Kier alpha value is -1.10. The van der Waals surface area contributed by atoms with E-state index in [1.807, 2.05) is 27.7 Å². The summed E-state index contributed by atoms with van der Waals surface area (Å²) >= 11 is 0. The van der Waals surface area contributed by atoms with Crippen LogP contribution in [0.15, 0.2) is 0 Å². The Kier molecular flexibility index (Phi) is 11.8. The Morgan fingerprint density at radius 2 is 1.68 bits per heavy atom. The third-order valence-electron chi connectivity index (χ3n) is 3.56. The molecule has 0 unspecified atom stereocenters. The van der Waals surface area contributed by atoms with Crippen LogP contribution < -0.4 is 0 Å².